The van der Waals surface area contributed by atoms with E-state index in [9.17, 15) is 13.2 Å². The van der Waals surface area contributed by atoms with Crippen LogP contribution in [-0.2, 0) is 14.8 Å². The quantitative estimate of drug-likeness (QED) is 0.704. The number of carbonyl (C=O) groups excluding carboxylic acids is 1. The van der Waals surface area contributed by atoms with Gasteiger partial charge in [-0.3, -0.25) is 4.79 Å². The predicted octanol–water partition coefficient (Wildman–Crippen LogP) is 4.51. The van der Waals surface area contributed by atoms with Gasteiger partial charge in [-0.2, -0.15) is 4.31 Å². The summed E-state index contributed by atoms with van der Waals surface area (Å²) in [6.45, 7) is 2.59. The lowest BCUT2D eigenvalue weighted by atomic mass is 9.97. The van der Waals surface area contributed by atoms with Crippen molar-refractivity contribution in [1.82, 2.24) is 4.31 Å². The number of thiophene rings is 1. The molecule has 140 valence electrons. The topological polar surface area (TPSA) is 66.5 Å². The molecule has 2 heterocycles. The largest absolute Gasteiger partial charge is 0.325 e. The second-order valence-corrected chi connectivity index (χ2v) is 11.2. The van der Waals surface area contributed by atoms with Crippen molar-refractivity contribution < 1.29 is 13.2 Å². The molecular weight excluding hydrogens is 460 g/mol. The van der Waals surface area contributed by atoms with Gasteiger partial charge in [-0.1, -0.05) is 17.7 Å². The van der Waals surface area contributed by atoms with Crippen LogP contribution in [0.4, 0.5) is 5.69 Å². The molecule has 1 aliphatic rings. The number of piperidine rings is 1. The van der Waals surface area contributed by atoms with Gasteiger partial charge in [0.15, 0.2) is 0 Å². The van der Waals surface area contributed by atoms with Crippen LogP contribution in [0.3, 0.4) is 0 Å². The molecule has 9 heteroatoms. The number of anilines is 1. The Hall–Kier alpha value is -0.930. The number of halogens is 2. The minimum Gasteiger partial charge on any atom is -0.325 e. The Bertz CT molecular complexity index is 922. The number of nitrogens with one attached hydrogen (secondary N) is 1. The molecule has 1 aromatic heterocycles. The SMILES string of the molecule is Cc1ccc(NC(=O)C2CCN(S(=O)(=O)c3ccc(Br)s3)CC2)c(Cl)c1. The lowest BCUT2D eigenvalue weighted by Crippen LogP contribution is -2.41. The van der Waals surface area contributed by atoms with E-state index in [2.05, 4.69) is 21.2 Å². The van der Waals surface area contributed by atoms with Crippen LogP contribution in [0.25, 0.3) is 0 Å². The highest BCUT2D eigenvalue weighted by Gasteiger charge is 2.33. The van der Waals surface area contributed by atoms with Gasteiger partial charge < -0.3 is 5.32 Å². The number of nitrogens with zero attached hydrogens (tertiary/aromatic N) is 1. The fourth-order valence-corrected chi connectivity index (χ4v) is 6.79. The Morgan fingerprint density at radius 1 is 1.27 bits per heavy atom. The van der Waals surface area contributed by atoms with Crippen molar-refractivity contribution in [2.75, 3.05) is 18.4 Å². The van der Waals surface area contributed by atoms with Crippen LogP contribution in [-0.4, -0.2) is 31.7 Å². The minimum absolute atomic E-state index is 0.119. The average molecular weight is 478 g/mol. The van der Waals surface area contributed by atoms with E-state index in [0.717, 1.165) is 9.35 Å². The summed E-state index contributed by atoms with van der Waals surface area (Å²) in [5.74, 6) is -0.347. The summed E-state index contributed by atoms with van der Waals surface area (Å²) >= 11 is 10.6. The van der Waals surface area contributed by atoms with Crippen LogP contribution in [0, 0.1) is 12.8 Å². The zero-order valence-corrected chi connectivity index (χ0v) is 18.0. The number of sulfonamides is 1. The predicted molar refractivity (Wildman–Crippen MR) is 108 cm³/mol. The van der Waals surface area contributed by atoms with E-state index in [1.165, 1.54) is 15.6 Å². The summed E-state index contributed by atoms with van der Waals surface area (Å²) in [6, 6.07) is 8.79. The number of hydrogen-bond acceptors (Lipinski definition) is 4. The van der Waals surface area contributed by atoms with Crippen molar-refractivity contribution in [3.8, 4) is 0 Å². The van der Waals surface area contributed by atoms with Crippen molar-refractivity contribution in [1.29, 1.82) is 0 Å². The smallest absolute Gasteiger partial charge is 0.252 e. The molecule has 3 rings (SSSR count). The van der Waals surface area contributed by atoms with Crippen molar-refractivity contribution in [3.05, 3.63) is 44.7 Å². The highest BCUT2D eigenvalue weighted by Crippen LogP contribution is 2.31. The van der Waals surface area contributed by atoms with Gasteiger partial charge in [-0.15, -0.1) is 11.3 Å². The van der Waals surface area contributed by atoms with Gasteiger partial charge in [0.1, 0.15) is 4.21 Å². The summed E-state index contributed by atoms with van der Waals surface area (Å²) < 4.78 is 27.8. The standard InChI is InChI=1S/C17H18BrClN2O3S2/c1-11-2-3-14(13(19)10-11)20-17(22)12-6-8-21(9-7-12)26(23,24)16-5-4-15(18)25-16/h2-5,10,12H,6-9H2,1H3,(H,20,22). The Labute approximate surface area is 170 Å². The lowest BCUT2D eigenvalue weighted by Gasteiger charge is -2.30. The third kappa shape index (κ3) is 4.31. The molecule has 0 spiro atoms. The molecule has 1 saturated heterocycles. The summed E-state index contributed by atoms with van der Waals surface area (Å²) in [4.78, 5) is 12.5. The summed E-state index contributed by atoms with van der Waals surface area (Å²) in [7, 11) is -3.49. The van der Waals surface area contributed by atoms with Gasteiger partial charge in [0.25, 0.3) is 10.0 Å². The van der Waals surface area contributed by atoms with E-state index < -0.39 is 10.0 Å². The molecule has 0 radical (unpaired) electrons. The number of amides is 1. The van der Waals surface area contributed by atoms with Gasteiger partial charge in [-0.05, 0) is 65.5 Å². The van der Waals surface area contributed by atoms with Crippen molar-refractivity contribution in [3.63, 3.8) is 0 Å². The maximum atomic E-state index is 12.6. The second-order valence-electron chi connectivity index (χ2n) is 6.21. The first-order valence-electron chi connectivity index (χ1n) is 8.10. The number of carbonyl (C=O) groups is 1. The molecule has 26 heavy (non-hydrogen) atoms. The molecule has 0 atom stereocenters. The Morgan fingerprint density at radius 3 is 2.54 bits per heavy atom. The van der Waals surface area contributed by atoms with E-state index >= 15 is 0 Å². The Morgan fingerprint density at radius 2 is 1.96 bits per heavy atom. The molecule has 2 aromatic rings. The van der Waals surface area contributed by atoms with Crippen LogP contribution in [0.2, 0.25) is 5.02 Å². The molecule has 5 nitrogen and oxygen atoms in total. The molecule has 1 amide bonds. The number of aryl methyl sites for hydroxylation is 1. The molecule has 0 saturated carbocycles. The summed E-state index contributed by atoms with van der Waals surface area (Å²) in [6.07, 6.45) is 0.974. The minimum atomic E-state index is -3.49. The van der Waals surface area contributed by atoms with E-state index in [4.69, 9.17) is 11.6 Å². The number of hydrogen-bond donors (Lipinski definition) is 1. The molecule has 0 bridgehead atoms. The van der Waals surface area contributed by atoms with E-state index in [-0.39, 0.29) is 11.8 Å². The van der Waals surface area contributed by atoms with Crippen molar-refractivity contribution in [2.24, 2.45) is 5.92 Å². The number of benzene rings is 1. The van der Waals surface area contributed by atoms with E-state index in [0.29, 0.717) is 40.9 Å². The van der Waals surface area contributed by atoms with Gasteiger partial charge in [0.2, 0.25) is 5.91 Å². The fraction of sp³-hybridized carbons (Fsp3) is 0.353. The van der Waals surface area contributed by atoms with Crippen LogP contribution in [0.1, 0.15) is 18.4 Å². The summed E-state index contributed by atoms with van der Waals surface area (Å²) in [5.41, 5.74) is 1.60. The average Bonchev–Trinajstić information content (AvgIpc) is 3.05. The van der Waals surface area contributed by atoms with Crippen LogP contribution in [0.15, 0.2) is 38.3 Å². The highest BCUT2D eigenvalue weighted by atomic mass is 79.9. The van der Waals surface area contributed by atoms with Crippen LogP contribution >= 0.6 is 38.9 Å². The fourth-order valence-electron chi connectivity index (χ4n) is 2.88. The van der Waals surface area contributed by atoms with Gasteiger partial charge >= 0.3 is 0 Å². The monoisotopic (exact) mass is 476 g/mol. The van der Waals surface area contributed by atoms with Gasteiger partial charge in [0.05, 0.1) is 14.5 Å². The first kappa shape index (κ1) is 19.8. The maximum Gasteiger partial charge on any atom is 0.252 e. The first-order valence-corrected chi connectivity index (χ1v) is 11.5. The molecular formula is C17H18BrClN2O3S2. The molecule has 1 fully saturated rings. The zero-order chi connectivity index (χ0) is 18.9. The van der Waals surface area contributed by atoms with Crippen LogP contribution in [0.5, 0.6) is 0 Å². The Kier molecular flexibility index (Phi) is 6.08. The Balaban J connectivity index is 1.62. The first-order chi connectivity index (χ1) is 12.3. The van der Waals surface area contributed by atoms with Gasteiger partial charge in [0, 0.05) is 19.0 Å². The van der Waals surface area contributed by atoms with Crippen molar-refractivity contribution in [2.45, 2.75) is 24.0 Å². The van der Waals surface area contributed by atoms with E-state index in [1.807, 2.05) is 13.0 Å². The third-order valence-corrected chi connectivity index (χ3v) is 8.65. The van der Waals surface area contributed by atoms with Crippen molar-refractivity contribution >= 4 is 60.5 Å². The second kappa shape index (κ2) is 7.98. The summed E-state index contributed by atoms with van der Waals surface area (Å²) in [5, 5.41) is 3.35. The maximum absolute atomic E-state index is 12.6. The molecule has 1 aromatic carbocycles. The molecule has 1 N–H and O–H groups in total. The zero-order valence-electron chi connectivity index (χ0n) is 14.0. The number of rotatable bonds is 4. The van der Waals surface area contributed by atoms with Crippen LogP contribution < -0.4 is 5.32 Å². The van der Waals surface area contributed by atoms with E-state index in [1.54, 1.807) is 24.3 Å². The third-order valence-electron chi connectivity index (χ3n) is 4.35. The molecule has 0 unspecified atom stereocenters. The molecule has 1 aliphatic heterocycles. The molecule has 0 aliphatic carbocycles. The van der Waals surface area contributed by atoms with Gasteiger partial charge in [-0.25, -0.2) is 8.42 Å². The highest BCUT2D eigenvalue weighted by molar-refractivity contribution is 9.11. The lowest BCUT2D eigenvalue weighted by molar-refractivity contribution is -0.120. The normalized spacial score (nSPS) is 16.6.